The number of nitrogens with one attached hydrogen (secondary N) is 1. The lowest BCUT2D eigenvalue weighted by Crippen LogP contribution is -2.34. The number of ether oxygens (including phenoxy) is 1. The van der Waals surface area contributed by atoms with E-state index in [0.29, 0.717) is 27.8 Å². The van der Waals surface area contributed by atoms with Crippen molar-refractivity contribution in [1.82, 2.24) is 5.32 Å². The first-order valence-corrected chi connectivity index (χ1v) is 9.59. The fourth-order valence-electron chi connectivity index (χ4n) is 2.77. The summed E-state index contributed by atoms with van der Waals surface area (Å²) in [6, 6.07) is 13.6. The number of benzene rings is 2. The number of hydrogen-bond donors (Lipinski definition) is 1. The van der Waals surface area contributed by atoms with Gasteiger partial charge >= 0.3 is 0 Å². The average molecular weight is 403 g/mol. The van der Waals surface area contributed by atoms with Crippen LogP contribution in [0.15, 0.2) is 48.5 Å². The fourth-order valence-corrected chi connectivity index (χ4v) is 4.19. The second kappa shape index (κ2) is 8.41. The van der Waals surface area contributed by atoms with Gasteiger partial charge in [0.15, 0.2) is 0 Å². The third-order valence-corrected chi connectivity index (χ3v) is 5.68. The number of carbonyl (C=O) groups is 2. The maximum absolute atomic E-state index is 12.7. The second-order valence-electron chi connectivity index (χ2n) is 5.85. The summed E-state index contributed by atoms with van der Waals surface area (Å²) in [5, 5.41) is 15.1. The van der Waals surface area contributed by atoms with Crippen molar-refractivity contribution in [1.29, 1.82) is 0 Å². The van der Waals surface area contributed by atoms with Crippen LogP contribution in [-0.2, 0) is 4.79 Å². The van der Waals surface area contributed by atoms with Gasteiger partial charge in [-0.2, -0.15) is 0 Å². The summed E-state index contributed by atoms with van der Waals surface area (Å²) >= 11 is 7.62. The smallest absolute Gasteiger partial charge is 0.263 e. The zero-order valence-corrected chi connectivity index (χ0v) is 16.1. The summed E-state index contributed by atoms with van der Waals surface area (Å²) in [7, 11) is 0. The molecule has 0 bridgehead atoms. The quantitative estimate of drug-likeness (QED) is 0.655. The van der Waals surface area contributed by atoms with Gasteiger partial charge < -0.3 is 20.0 Å². The average Bonchev–Trinajstić information content (AvgIpc) is 2.99. The van der Waals surface area contributed by atoms with Crippen LogP contribution in [0.1, 0.15) is 34.6 Å². The first kappa shape index (κ1) is 19.2. The Balaban J connectivity index is 1.85. The maximum atomic E-state index is 12.7. The van der Waals surface area contributed by atoms with Gasteiger partial charge in [-0.3, -0.25) is 4.79 Å². The number of thiophene rings is 1. The zero-order valence-electron chi connectivity index (χ0n) is 14.5. The highest BCUT2D eigenvalue weighted by Gasteiger charge is 2.21. The lowest BCUT2D eigenvalue weighted by molar-refractivity contribution is -0.306. The molecule has 1 N–H and O–H groups in total. The van der Waals surface area contributed by atoms with E-state index < -0.39 is 17.9 Å². The van der Waals surface area contributed by atoms with E-state index in [2.05, 4.69) is 5.32 Å². The van der Waals surface area contributed by atoms with Gasteiger partial charge in [0, 0.05) is 22.5 Å². The molecule has 1 aromatic heterocycles. The summed E-state index contributed by atoms with van der Waals surface area (Å²) in [6.07, 6.45) is -0.345. The summed E-state index contributed by atoms with van der Waals surface area (Å²) in [5.74, 6) is -0.995. The van der Waals surface area contributed by atoms with Crippen molar-refractivity contribution >= 4 is 44.9 Å². The number of amides is 1. The van der Waals surface area contributed by atoms with Crippen LogP contribution in [-0.4, -0.2) is 18.5 Å². The Hall–Kier alpha value is -2.57. The molecule has 2 aromatic carbocycles. The minimum atomic E-state index is -1.25. The van der Waals surface area contributed by atoms with Gasteiger partial charge in [-0.15, -0.1) is 11.3 Å². The van der Waals surface area contributed by atoms with E-state index in [-0.39, 0.29) is 6.42 Å². The van der Waals surface area contributed by atoms with Crippen molar-refractivity contribution in [2.24, 2.45) is 0 Å². The molecule has 140 valence electrons. The monoisotopic (exact) mass is 402 g/mol. The Labute approximate surface area is 165 Å². The Bertz CT molecular complexity index is 968. The van der Waals surface area contributed by atoms with E-state index in [0.717, 1.165) is 10.1 Å². The second-order valence-corrected chi connectivity index (χ2v) is 7.28. The Kier molecular flexibility index (Phi) is 5.98. The van der Waals surface area contributed by atoms with Crippen molar-refractivity contribution in [3.63, 3.8) is 0 Å². The molecule has 0 saturated carbocycles. The SMILES string of the molecule is CCOc1ccc([C@H](CC(=O)[O-])NC(=O)c2sc3ccccc3c2Cl)cc1. The largest absolute Gasteiger partial charge is 0.550 e. The first-order valence-electron chi connectivity index (χ1n) is 8.40. The van der Waals surface area contributed by atoms with Gasteiger partial charge in [0.25, 0.3) is 5.91 Å². The zero-order chi connectivity index (χ0) is 19.4. The molecule has 0 fully saturated rings. The van der Waals surface area contributed by atoms with Crippen LogP contribution in [0.2, 0.25) is 5.02 Å². The van der Waals surface area contributed by atoms with E-state index >= 15 is 0 Å². The molecule has 0 aliphatic heterocycles. The van der Waals surface area contributed by atoms with Gasteiger partial charge in [0.05, 0.1) is 17.7 Å². The number of carboxylic acids is 1. The van der Waals surface area contributed by atoms with Crippen molar-refractivity contribution in [2.45, 2.75) is 19.4 Å². The standard InChI is InChI=1S/C20H18ClNO4S/c1-2-26-13-9-7-12(8-10-13)15(11-17(23)24)22-20(25)19-18(21)14-5-3-4-6-16(14)27-19/h3-10,15H,2,11H2,1H3,(H,22,25)(H,23,24)/p-1/t15-/m0/s1. The van der Waals surface area contributed by atoms with Gasteiger partial charge in [0.1, 0.15) is 10.6 Å². The number of aliphatic carboxylic acids is 1. The van der Waals surface area contributed by atoms with E-state index in [9.17, 15) is 14.7 Å². The fraction of sp³-hybridized carbons (Fsp3) is 0.200. The number of carboxylic acid groups (broad SMARTS) is 1. The molecule has 7 heteroatoms. The summed E-state index contributed by atoms with van der Waals surface area (Å²) < 4.78 is 6.28. The molecule has 0 aliphatic rings. The Morgan fingerprint density at radius 1 is 1.19 bits per heavy atom. The van der Waals surface area contributed by atoms with Gasteiger partial charge in [-0.05, 0) is 30.7 Å². The number of rotatable bonds is 7. The van der Waals surface area contributed by atoms with E-state index in [1.165, 1.54) is 11.3 Å². The van der Waals surface area contributed by atoms with Crippen LogP contribution < -0.4 is 15.2 Å². The molecular formula is C20H17ClNO4S-. The van der Waals surface area contributed by atoms with Gasteiger partial charge in [0.2, 0.25) is 0 Å². The molecule has 0 aliphatic carbocycles. The topological polar surface area (TPSA) is 78.5 Å². The summed E-state index contributed by atoms with van der Waals surface area (Å²) in [4.78, 5) is 24.3. The van der Waals surface area contributed by atoms with Crippen LogP contribution in [0, 0.1) is 0 Å². The third-order valence-electron chi connectivity index (χ3n) is 4.01. The van der Waals surface area contributed by atoms with E-state index in [4.69, 9.17) is 16.3 Å². The minimum Gasteiger partial charge on any atom is -0.550 e. The van der Waals surface area contributed by atoms with E-state index in [1.807, 2.05) is 31.2 Å². The van der Waals surface area contributed by atoms with Crippen LogP contribution in [0.25, 0.3) is 10.1 Å². The molecule has 5 nitrogen and oxygen atoms in total. The van der Waals surface area contributed by atoms with Gasteiger partial charge in [-0.1, -0.05) is 41.9 Å². The van der Waals surface area contributed by atoms with Crippen LogP contribution in [0.4, 0.5) is 0 Å². The highest BCUT2D eigenvalue weighted by molar-refractivity contribution is 7.21. The molecule has 3 aromatic rings. The lowest BCUT2D eigenvalue weighted by Gasteiger charge is -2.20. The van der Waals surface area contributed by atoms with Crippen LogP contribution in [0.3, 0.4) is 0 Å². The molecule has 27 heavy (non-hydrogen) atoms. The molecule has 0 unspecified atom stereocenters. The Morgan fingerprint density at radius 3 is 2.52 bits per heavy atom. The molecular weight excluding hydrogens is 386 g/mol. The predicted molar refractivity (Wildman–Crippen MR) is 104 cm³/mol. The third kappa shape index (κ3) is 4.40. The highest BCUT2D eigenvalue weighted by Crippen LogP contribution is 2.35. The van der Waals surface area contributed by atoms with Gasteiger partial charge in [-0.25, -0.2) is 0 Å². The van der Waals surface area contributed by atoms with Crippen LogP contribution in [0.5, 0.6) is 5.75 Å². The number of carbonyl (C=O) groups excluding carboxylic acids is 2. The van der Waals surface area contributed by atoms with Crippen molar-refractivity contribution in [3.8, 4) is 5.75 Å². The number of fused-ring (bicyclic) bond motifs is 1. The van der Waals surface area contributed by atoms with Crippen molar-refractivity contribution in [3.05, 3.63) is 64.0 Å². The lowest BCUT2D eigenvalue weighted by atomic mass is 10.0. The predicted octanol–water partition coefficient (Wildman–Crippen LogP) is 3.56. The Morgan fingerprint density at radius 2 is 1.89 bits per heavy atom. The minimum absolute atomic E-state index is 0.345. The molecule has 1 atom stereocenters. The molecule has 0 spiro atoms. The maximum Gasteiger partial charge on any atom is 0.263 e. The van der Waals surface area contributed by atoms with Crippen molar-refractivity contribution < 1.29 is 19.4 Å². The molecule has 1 heterocycles. The molecule has 1 amide bonds. The summed E-state index contributed by atoms with van der Waals surface area (Å²) in [5.41, 5.74) is 0.647. The normalized spacial score (nSPS) is 11.9. The van der Waals surface area contributed by atoms with Crippen molar-refractivity contribution in [2.75, 3.05) is 6.61 Å². The molecule has 0 radical (unpaired) electrons. The van der Waals surface area contributed by atoms with E-state index in [1.54, 1.807) is 24.3 Å². The van der Waals surface area contributed by atoms with Crippen LogP contribution >= 0.6 is 22.9 Å². The molecule has 3 rings (SSSR count). The number of halogens is 1. The summed E-state index contributed by atoms with van der Waals surface area (Å²) in [6.45, 7) is 2.41. The number of hydrogen-bond acceptors (Lipinski definition) is 5. The first-order chi connectivity index (χ1) is 13.0. The molecule has 0 saturated heterocycles. The highest BCUT2D eigenvalue weighted by atomic mass is 35.5.